The minimum atomic E-state index is -0.594. The zero-order valence-corrected chi connectivity index (χ0v) is 16.2. The van der Waals surface area contributed by atoms with Crippen LogP contribution in [0.3, 0.4) is 0 Å². The van der Waals surface area contributed by atoms with Gasteiger partial charge in [0.2, 0.25) is 5.91 Å². The number of halogens is 1. The van der Waals surface area contributed by atoms with E-state index in [4.69, 9.17) is 5.73 Å². The second-order valence-electron chi connectivity index (χ2n) is 7.85. The lowest BCUT2D eigenvalue weighted by molar-refractivity contribution is -0.127. The van der Waals surface area contributed by atoms with E-state index in [-0.39, 0.29) is 11.7 Å². The van der Waals surface area contributed by atoms with E-state index in [0.717, 1.165) is 28.8 Å². The lowest BCUT2D eigenvalue weighted by Crippen LogP contribution is -2.41. The Hall–Kier alpha value is -3.05. The first-order valence-corrected chi connectivity index (χ1v) is 9.80. The first-order chi connectivity index (χ1) is 14.0. The summed E-state index contributed by atoms with van der Waals surface area (Å²) in [7, 11) is 0. The molecular weight excluding hydrogens is 365 g/mol. The van der Waals surface area contributed by atoms with Crippen LogP contribution in [0.15, 0.2) is 73.1 Å². The Morgan fingerprint density at radius 3 is 2.59 bits per heavy atom. The zero-order valence-electron chi connectivity index (χ0n) is 16.2. The fourth-order valence-corrected chi connectivity index (χ4v) is 4.16. The Labute approximate surface area is 170 Å². The predicted octanol–water partition coefficient (Wildman–Crippen LogP) is 3.81. The number of nitrogens with zero attached hydrogens (tertiary/aromatic N) is 2. The van der Waals surface area contributed by atoms with Crippen molar-refractivity contribution in [3.63, 3.8) is 0 Å². The second-order valence-corrected chi connectivity index (χ2v) is 7.85. The summed E-state index contributed by atoms with van der Waals surface area (Å²) in [5.74, 6) is -0.507. The van der Waals surface area contributed by atoms with Crippen molar-refractivity contribution in [2.45, 2.75) is 19.4 Å². The molecule has 1 saturated heterocycles. The van der Waals surface area contributed by atoms with Crippen molar-refractivity contribution in [2.24, 2.45) is 11.1 Å². The number of likely N-dealkylation sites (tertiary alicyclic amines) is 1. The van der Waals surface area contributed by atoms with Crippen LogP contribution in [-0.4, -0.2) is 28.9 Å². The number of amides is 1. The van der Waals surface area contributed by atoms with E-state index in [2.05, 4.69) is 34.1 Å². The van der Waals surface area contributed by atoms with Crippen LogP contribution >= 0.6 is 0 Å². The number of hydrogen-bond donors (Lipinski definition) is 1. The van der Waals surface area contributed by atoms with Gasteiger partial charge >= 0.3 is 0 Å². The van der Waals surface area contributed by atoms with E-state index in [1.54, 1.807) is 18.3 Å². The van der Waals surface area contributed by atoms with E-state index >= 15 is 0 Å². The Morgan fingerprint density at radius 2 is 1.90 bits per heavy atom. The largest absolute Gasteiger partial charge is 0.369 e. The van der Waals surface area contributed by atoms with Crippen molar-refractivity contribution < 1.29 is 9.18 Å². The summed E-state index contributed by atoms with van der Waals surface area (Å²) >= 11 is 0. The highest BCUT2D eigenvalue weighted by Gasteiger charge is 2.43. The molecule has 1 amide bonds. The maximum absolute atomic E-state index is 13.5. The monoisotopic (exact) mass is 389 g/mol. The summed E-state index contributed by atoms with van der Waals surface area (Å²) in [6.45, 7) is 1.98. The fourth-order valence-electron chi connectivity index (χ4n) is 4.16. The van der Waals surface area contributed by atoms with Crippen molar-refractivity contribution in [1.82, 2.24) is 9.88 Å². The average molecular weight is 389 g/mol. The lowest BCUT2D eigenvalue weighted by Gasteiger charge is -2.26. The fraction of sp³-hybridized carbons (Fsp3) is 0.250. The summed E-state index contributed by atoms with van der Waals surface area (Å²) < 4.78 is 13.5. The minimum Gasteiger partial charge on any atom is -0.369 e. The van der Waals surface area contributed by atoms with Crippen LogP contribution < -0.4 is 5.73 Å². The molecule has 0 bridgehead atoms. The van der Waals surface area contributed by atoms with E-state index in [0.29, 0.717) is 25.9 Å². The van der Waals surface area contributed by atoms with Gasteiger partial charge < -0.3 is 5.73 Å². The van der Waals surface area contributed by atoms with Gasteiger partial charge in [-0.15, -0.1) is 0 Å². The molecule has 29 heavy (non-hydrogen) atoms. The lowest BCUT2D eigenvalue weighted by atomic mass is 9.80. The predicted molar refractivity (Wildman–Crippen MR) is 111 cm³/mol. The molecule has 2 N–H and O–H groups in total. The quantitative estimate of drug-likeness (QED) is 0.697. The average Bonchev–Trinajstić information content (AvgIpc) is 3.13. The number of pyridine rings is 1. The van der Waals surface area contributed by atoms with Gasteiger partial charge in [0.05, 0.1) is 5.41 Å². The van der Waals surface area contributed by atoms with Gasteiger partial charge in [0.1, 0.15) is 5.82 Å². The molecular formula is C24H24FN3O. The smallest absolute Gasteiger partial charge is 0.225 e. The van der Waals surface area contributed by atoms with E-state index in [9.17, 15) is 9.18 Å². The van der Waals surface area contributed by atoms with Gasteiger partial charge in [0, 0.05) is 25.5 Å². The SMILES string of the molecule is NC(=O)C1(Cc2ccc(-c3cccnc3)cc2)CCN(Cc2cccc(F)c2)C1. The number of carbonyl (C=O) groups excluding carboxylic acids is 1. The van der Waals surface area contributed by atoms with Gasteiger partial charge in [-0.2, -0.15) is 0 Å². The third kappa shape index (κ3) is 4.35. The number of hydrogen-bond acceptors (Lipinski definition) is 3. The van der Waals surface area contributed by atoms with E-state index in [1.165, 1.54) is 6.07 Å². The number of primary amides is 1. The number of aromatic nitrogens is 1. The molecule has 0 spiro atoms. The molecule has 4 nitrogen and oxygen atoms in total. The Morgan fingerprint density at radius 1 is 1.07 bits per heavy atom. The van der Waals surface area contributed by atoms with Crippen molar-refractivity contribution in [2.75, 3.05) is 13.1 Å². The van der Waals surface area contributed by atoms with Gasteiger partial charge in [0.15, 0.2) is 0 Å². The first-order valence-electron chi connectivity index (χ1n) is 9.80. The topological polar surface area (TPSA) is 59.2 Å². The maximum Gasteiger partial charge on any atom is 0.225 e. The molecule has 5 heteroatoms. The van der Waals surface area contributed by atoms with Crippen LogP contribution in [0.25, 0.3) is 11.1 Å². The summed E-state index contributed by atoms with van der Waals surface area (Å²) in [5, 5.41) is 0. The molecule has 1 aliphatic heterocycles. The molecule has 1 unspecified atom stereocenters. The van der Waals surface area contributed by atoms with Crippen LogP contribution in [0.5, 0.6) is 0 Å². The third-order valence-corrected chi connectivity index (χ3v) is 5.74. The molecule has 0 aliphatic carbocycles. The zero-order chi connectivity index (χ0) is 20.3. The van der Waals surface area contributed by atoms with Crippen molar-refractivity contribution in [1.29, 1.82) is 0 Å². The highest BCUT2D eigenvalue weighted by molar-refractivity contribution is 5.82. The molecule has 4 rings (SSSR count). The highest BCUT2D eigenvalue weighted by Crippen LogP contribution is 2.35. The number of carbonyl (C=O) groups is 1. The number of rotatable bonds is 6. The number of nitrogens with two attached hydrogens (primary N) is 1. The molecule has 0 saturated carbocycles. The van der Waals surface area contributed by atoms with Crippen LogP contribution in [0, 0.1) is 11.2 Å². The summed E-state index contributed by atoms with van der Waals surface area (Å²) in [5.41, 5.74) is 9.40. The molecule has 2 aromatic carbocycles. The standard InChI is InChI=1S/C24H24FN3O/c25-22-5-1-3-19(13-22)16-28-12-10-24(17-28,23(26)29)14-18-6-8-20(9-7-18)21-4-2-11-27-15-21/h1-9,11,13,15H,10,12,14,16-17H2,(H2,26,29). The molecule has 1 atom stereocenters. The second kappa shape index (κ2) is 8.13. The van der Waals surface area contributed by atoms with Gasteiger partial charge in [-0.1, -0.05) is 42.5 Å². The van der Waals surface area contributed by atoms with Gasteiger partial charge in [0.25, 0.3) is 0 Å². The van der Waals surface area contributed by atoms with Crippen LogP contribution in [0.4, 0.5) is 4.39 Å². The molecule has 2 heterocycles. The Bertz CT molecular complexity index is 991. The molecule has 1 aromatic heterocycles. The van der Waals surface area contributed by atoms with E-state index < -0.39 is 5.41 Å². The molecule has 3 aromatic rings. The molecule has 1 aliphatic rings. The van der Waals surface area contributed by atoms with Crippen LogP contribution in [0.1, 0.15) is 17.5 Å². The minimum absolute atomic E-state index is 0.239. The van der Waals surface area contributed by atoms with Gasteiger partial charge in [-0.3, -0.25) is 14.7 Å². The molecule has 148 valence electrons. The Kier molecular flexibility index (Phi) is 5.41. The van der Waals surface area contributed by atoms with Gasteiger partial charge in [-0.25, -0.2) is 4.39 Å². The van der Waals surface area contributed by atoms with Crippen molar-refractivity contribution in [3.8, 4) is 11.1 Å². The summed E-state index contributed by atoms with van der Waals surface area (Å²) in [4.78, 5) is 18.7. The number of benzene rings is 2. The van der Waals surface area contributed by atoms with Crippen LogP contribution in [0.2, 0.25) is 0 Å². The normalized spacial score (nSPS) is 19.3. The molecule has 0 radical (unpaired) electrons. The summed E-state index contributed by atoms with van der Waals surface area (Å²) in [6, 6.07) is 18.8. The molecule has 1 fully saturated rings. The summed E-state index contributed by atoms with van der Waals surface area (Å²) in [6.07, 6.45) is 4.91. The highest BCUT2D eigenvalue weighted by atomic mass is 19.1. The maximum atomic E-state index is 13.5. The van der Waals surface area contributed by atoms with Gasteiger partial charge in [-0.05, 0) is 59.8 Å². The Balaban J connectivity index is 1.47. The van der Waals surface area contributed by atoms with E-state index in [1.807, 2.05) is 24.4 Å². The van der Waals surface area contributed by atoms with Crippen molar-refractivity contribution in [3.05, 3.63) is 90.0 Å². The third-order valence-electron chi connectivity index (χ3n) is 5.74. The first kappa shape index (κ1) is 19.3. The van der Waals surface area contributed by atoms with Crippen molar-refractivity contribution >= 4 is 5.91 Å². The van der Waals surface area contributed by atoms with Crippen LogP contribution in [-0.2, 0) is 17.8 Å².